The van der Waals surface area contributed by atoms with Gasteiger partial charge < -0.3 is 9.80 Å². The topological polar surface area (TPSA) is 61.7 Å². The number of anilines is 1. The second kappa shape index (κ2) is 9.88. The average Bonchev–Trinajstić information content (AvgIpc) is 2.81. The number of benzene rings is 1. The van der Waals surface area contributed by atoms with Gasteiger partial charge in [0.25, 0.3) is 0 Å². The van der Waals surface area contributed by atoms with Crippen molar-refractivity contribution in [2.24, 2.45) is 4.99 Å². The minimum Gasteiger partial charge on any atom is -0.312 e. The maximum absolute atomic E-state index is 13.2. The van der Waals surface area contributed by atoms with Crippen LogP contribution in [-0.2, 0) is 4.79 Å². The molecule has 0 spiro atoms. The molecule has 6 nitrogen and oxygen atoms in total. The van der Waals surface area contributed by atoms with E-state index in [9.17, 15) is 4.79 Å². The number of aliphatic imine (C=N–C) groups is 1. The van der Waals surface area contributed by atoms with Crippen molar-refractivity contribution in [2.75, 3.05) is 11.9 Å². The third-order valence-electron chi connectivity index (χ3n) is 5.51. The van der Waals surface area contributed by atoms with Crippen LogP contribution in [0.5, 0.6) is 0 Å². The lowest BCUT2D eigenvalue weighted by Gasteiger charge is -2.42. The molecule has 0 N–H and O–H groups in total. The monoisotopic (exact) mass is 437 g/mol. The normalized spacial score (nSPS) is 20.5. The van der Waals surface area contributed by atoms with Gasteiger partial charge in [-0.05, 0) is 50.0 Å². The molecule has 162 valence electrons. The van der Waals surface area contributed by atoms with Crippen molar-refractivity contribution in [1.29, 1.82) is 0 Å². The molecule has 31 heavy (non-hydrogen) atoms. The van der Waals surface area contributed by atoms with Crippen LogP contribution < -0.4 is 4.90 Å². The number of carbonyl (C=O) groups excluding carboxylic acids is 1. The Morgan fingerprint density at radius 3 is 2.55 bits per heavy atom. The molecule has 1 aliphatic heterocycles. The quantitative estimate of drug-likeness (QED) is 0.589. The molecule has 7 heteroatoms. The summed E-state index contributed by atoms with van der Waals surface area (Å²) in [5, 5.41) is 0.451. The Labute approximate surface area is 189 Å². The van der Waals surface area contributed by atoms with E-state index in [0.29, 0.717) is 17.4 Å². The first-order chi connectivity index (χ1) is 14.9. The third-order valence-corrected chi connectivity index (χ3v) is 5.92. The smallest absolute Gasteiger partial charge is 0.249 e. The number of hydrogen-bond donors (Lipinski definition) is 0. The van der Waals surface area contributed by atoms with Crippen LogP contribution in [0.25, 0.3) is 11.1 Å². The van der Waals surface area contributed by atoms with E-state index < -0.39 is 0 Å². The van der Waals surface area contributed by atoms with Gasteiger partial charge in [0.2, 0.25) is 5.91 Å². The fraction of sp³-hybridized carbons (Fsp3) is 0.333. The van der Waals surface area contributed by atoms with E-state index >= 15 is 0 Å². The van der Waals surface area contributed by atoms with E-state index in [1.54, 1.807) is 24.3 Å². The second-order valence-electron chi connectivity index (χ2n) is 7.40. The molecule has 0 radical (unpaired) electrons. The lowest BCUT2D eigenvalue weighted by atomic mass is 10.0. The first kappa shape index (κ1) is 22.7. The highest BCUT2D eigenvalue weighted by Crippen LogP contribution is 2.32. The molecule has 1 aliphatic rings. The maximum Gasteiger partial charge on any atom is 0.249 e. The second-order valence-corrected chi connectivity index (χ2v) is 7.76. The van der Waals surface area contributed by atoms with Gasteiger partial charge in [-0.15, -0.1) is 0 Å². The minimum absolute atomic E-state index is 0.0234. The summed E-state index contributed by atoms with van der Waals surface area (Å²) in [6.45, 7) is 7.92. The van der Waals surface area contributed by atoms with Crippen molar-refractivity contribution in [1.82, 2.24) is 14.9 Å². The number of amides is 1. The molecule has 1 atom stereocenters. The predicted molar refractivity (Wildman–Crippen MR) is 127 cm³/mol. The number of aromatic nitrogens is 2. The number of allylic oxidation sites excluding steroid dienone is 2. The van der Waals surface area contributed by atoms with Crippen LogP contribution in [0, 0.1) is 0 Å². The van der Waals surface area contributed by atoms with Crippen LogP contribution in [0.4, 0.5) is 5.69 Å². The molecule has 2 heterocycles. The molecule has 0 aliphatic carbocycles. The van der Waals surface area contributed by atoms with Crippen molar-refractivity contribution < 1.29 is 4.79 Å². The van der Waals surface area contributed by atoms with Crippen molar-refractivity contribution in [3.8, 4) is 11.1 Å². The molecule has 0 bridgehead atoms. The molecule has 1 aromatic heterocycles. The Morgan fingerprint density at radius 1 is 1.23 bits per heavy atom. The van der Waals surface area contributed by atoms with Gasteiger partial charge in [0, 0.05) is 30.7 Å². The van der Waals surface area contributed by atoms with Gasteiger partial charge in [0.05, 0.1) is 5.70 Å². The zero-order valence-electron chi connectivity index (χ0n) is 18.6. The Hall–Kier alpha value is -2.99. The highest BCUT2D eigenvalue weighted by molar-refractivity contribution is 6.31. The first-order valence-corrected chi connectivity index (χ1v) is 10.8. The minimum atomic E-state index is -0.388. The molecule has 1 fully saturated rings. The van der Waals surface area contributed by atoms with Gasteiger partial charge in [0.15, 0.2) is 5.84 Å². The van der Waals surface area contributed by atoms with Crippen molar-refractivity contribution in [2.45, 2.75) is 46.6 Å². The summed E-state index contributed by atoms with van der Waals surface area (Å²) in [7, 11) is 1.79. The number of hydrogen-bond acceptors (Lipinski definition) is 4. The number of carbonyl (C=O) groups is 1. The van der Waals surface area contributed by atoms with Crippen molar-refractivity contribution in [3.63, 3.8) is 0 Å². The number of halogens is 1. The van der Waals surface area contributed by atoms with E-state index in [-0.39, 0.29) is 11.9 Å². The number of rotatable bonds is 5. The summed E-state index contributed by atoms with van der Waals surface area (Å²) in [6.07, 6.45) is 8.38. The zero-order chi connectivity index (χ0) is 22.5. The molecule has 0 saturated carbocycles. The fourth-order valence-electron chi connectivity index (χ4n) is 3.58. The Morgan fingerprint density at radius 2 is 1.94 bits per heavy atom. The number of nitrogens with zero attached hydrogens (tertiary/aromatic N) is 5. The largest absolute Gasteiger partial charge is 0.312 e. The van der Waals surface area contributed by atoms with Crippen molar-refractivity contribution in [3.05, 3.63) is 65.5 Å². The summed E-state index contributed by atoms with van der Waals surface area (Å²) in [6, 6.07) is 7.60. The summed E-state index contributed by atoms with van der Waals surface area (Å²) >= 11 is 6.56. The van der Waals surface area contributed by atoms with Gasteiger partial charge in [-0.2, -0.15) is 0 Å². The van der Waals surface area contributed by atoms with Gasteiger partial charge in [-0.25, -0.2) is 15.0 Å². The van der Waals surface area contributed by atoms with Gasteiger partial charge in [-0.1, -0.05) is 43.7 Å². The SMILES string of the molecule is C\C=C1/C(=N\C(Cl)=C(/C)CC)N(c2cccc(-c3cncnc3)c2)C(CC)C(=O)N1C. The number of amidine groups is 1. The number of piperazine rings is 1. The number of likely N-dealkylation sites (N-methyl/N-ethyl adjacent to an activating group) is 1. The molecular formula is C24H28ClN5O. The summed E-state index contributed by atoms with van der Waals surface area (Å²) < 4.78 is 0. The molecule has 2 aromatic rings. The highest BCUT2D eigenvalue weighted by atomic mass is 35.5. The molecule has 1 unspecified atom stereocenters. The standard InChI is InChI=1S/C24H28ClN5O/c1-6-16(4)22(25)28-23-20(7-2)29(5)24(31)21(8-3)30(23)19-11-9-10-17(12-19)18-13-26-15-27-14-18/h7,9-15,21H,6,8H2,1-5H3/b20-7+,22-16+,28-23+. The van der Waals surface area contributed by atoms with Gasteiger partial charge in [0.1, 0.15) is 17.5 Å². The van der Waals surface area contributed by atoms with Crippen LogP contribution in [0.3, 0.4) is 0 Å². The molecule has 1 amide bonds. The first-order valence-electron chi connectivity index (χ1n) is 10.5. The Bertz CT molecular complexity index is 1040. The summed E-state index contributed by atoms with van der Waals surface area (Å²) in [5.41, 5.74) is 4.46. The van der Waals surface area contributed by atoms with E-state index in [2.05, 4.69) is 9.97 Å². The lowest BCUT2D eigenvalue weighted by Crippen LogP contribution is -2.57. The van der Waals surface area contributed by atoms with Gasteiger partial charge >= 0.3 is 0 Å². The van der Waals surface area contributed by atoms with Crippen LogP contribution in [-0.4, -0.2) is 39.7 Å². The Kier molecular flexibility index (Phi) is 7.23. The van der Waals surface area contributed by atoms with E-state index in [1.165, 1.54) is 6.33 Å². The van der Waals surface area contributed by atoms with Gasteiger partial charge in [-0.3, -0.25) is 4.79 Å². The third kappa shape index (κ3) is 4.54. The van der Waals surface area contributed by atoms with Crippen LogP contribution in [0.15, 0.2) is 70.5 Å². The zero-order valence-corrected chi connectivity index (χ0v) is 19.4. The molecule has 3 rings (SSSR count). The van der Waals surface area contributed by atoms with E-state index in [0.717, 1.165) is 34.5 Å². The van der Waals surface area contributed by atoms with Crippen LogP contribution in [0.2, 0.25) is 0 Å². The Balaban J connectivity index is 2.22. The van der Waals surface area contributed by atoms with Crippen molar-refractivity contribution >= 4 is 29.0 Å². The maximum atomic E-state index is 13.2. The average molecular weight is 438 g/mol. The predicted octanol–water partition coefficient (Wildman–Crippen LogP) is 5.38. The molecule has 1 aromatic carbocycles. The molecule has 1 saturated heterocycles. The molecular weight excluding hydrogens is 410 g/mol. The summed E-state index contributed by atoms with van der Waals surface area (Å²) in [4.78, 5) is 29.9. The van der Waals surface area contributed by atoms with E-state index in [4.69, 9.17) is 16.6 Å². The van der Waals surface area contributed by atoms with Crippen LogP contribution in [0.1, 0.15) is 40.5 Å². The highest BCUT2D eigenvalue weighted by Gasteiger charge is 2.39. The fourth-order valence-corrected chi connectivity index (χ4v) is 3.80. The lowest BCUT2D eigenvalue weighted by molar-refractivity contribution is -0.129. The van der Waals surface area contributed by atoms with Crippen LogP contribution >= 0.6 is 11.6 Å². The summed E-state index contributed by atoms with van der Waals surface area (Å²) in [5.74, 6) is 0.686. The van der Waals surface area contributed by atoms with E-state index in [1.807, 2.05) is 62.9 Å².